The van der Waals surface area contributed by atoms with E-state index in [1.165, 1.54) is 5.01 Å². The second-order valence-corrected chi connectivity index (χ2v) is 7.12. The molecular formula is C18H23N5S. The predicted molar refractivity (Wildman–Crippen MR) is 96.5 cm³/mol. The molecule has 0 amide bonds. The van der Waals surface area contributed by atoms with E-state index in [1.54, 1.807) is 11.3 Å². The highest BCUT2D eigenvalue weighted by Gasteiger charge is 2.26. The lowest BCUT2D eigenvalue weighted by Gasteiger charge is -2.32. The maximum absolute atomic E-state index is 9.66. The summed E-state index contributed by atoms with van der Waals surface area (Å²) in [5.74, 6) is 1.29. The molecule has 0 saturated carbocycles. The number of rotatable bonds is 4. The zero-order valence-corrected chi connectivity index (χ0v) is 15.4. The van der Waals surface area contributed by atoms with Gasteiger partial charge in [-0.25, -0.2) is 4.98 Å². The van der Waals surface area contributed by atoms with Gasteiger partial charge in [-0.2, -0.15) is 10.4 Å². The van der Waals surface area contributed by atoms with Crippen LogP contribution in [0.3, 0.4) is 0 Å². The Morgan fingerprint density at radius 2 is 2.00 bits per heavy atom. The molecule has 0 bridgehead atoms. The monoisotopic (exact) mass is 341 g/mol. The van der Waals surface area contributed by atoms with Crippen LogP contribution >= 0.6 is 11.3 Å². The largest absolute Gasteiger partial charge is 0.354 e. The Bertz CT molecular complexity index is 753. The van der Waals surface area contributed by atoms with E-state index in [2.05, 4.69) is 45.4 Å². The first-order valence-electron chi connectivity index (χ1n) is 8.63. The molecule has 0 radical (unpaired) electrons. The van der Waals surface area contributed by atoms with Crippen molar-refractivity contribution in [2.24, 2.45) is 0 Å². The number of hydrogen-bond acceptors (Lipinski definition) is 6. The molecule has 0 unspecified atom stereocenters. The van der Waals surface area contributed by atoms with Crippen LogP contribution in [0.1, 0.15) is 60.1 Å². The number of nitriles is 1. The van der Waals surface area contributed by atoms with Crippen molar-refractivity contribution in [3.63, 3.8) is 0 Å². The van der Waals surface area contributed by atoms with E-state index in [0.29, 0.717) is 11.5 Å². The summed E-state index contributed by atoms with van der Waals surface area (Å²) in [7, 11) is 0. The summed E-state index contributed by atoms with van der Waals surface area (Å²) in [4.78, 5) is 6.86. The van der Waals surface area contributed by atoms with E-state index in [9.17, 15) is 5.26 Å². The Balaban J connectivity index is 1.80. The Labute approximate surface area is 147 Å². The van der Waals surface area contributed by atoms with Crippen LogP contribution in [-0.4, -0.2) is 28.3 Å². The van der Waals surface area contributed by atoms with Crippen LogP contribution in [0, 0.1) is 18.3 Å². The SMILES string of the molecule is CCc1nnc(N2CCC(c3nc(C)cs3)CC2)c(C#N)c1CC. The van der Waals surface area contributed by atoms with Crippen molar-refractivity contribution < 1.29 is 0 Å². The molecule has 0 spiro atoms. The van der Waals surface area contributed by atoms with Gasteiger partial charge >= 0.3 is 0 Å². The minimum atomic E-state index is 0.527. The third kappa shape index (κ3) is 3.13. The maximum atomic E-state index is 9.66. The molecule has 1 aliphatic heterocycles. The highest BCUT2D eigenvalue weighted by atomic mass is 32.1. The molecule has 1 saturated heterocycles. The van der Waals surface area contributed by atoms with E-state index in [4.69, 9.17) is 0 Å². The topological polar surface area (TPSA) is 65.7 Å². The summed E-state index contributed by atoms with van der Waals surface area (Å²) in [5, 5.41) is 21.8. The summed E-state index contributed by atoms with van der Waals surface area (Å²) in [6.45, 7) is 8.00. The number of hydrogen-bond donors (Lipinski definition) is 0. The smallest absolute Gasteiger partial charge is 0.169 e. The molecule has 24 heavy (non-hydrogen) atoms. The van der Waals surface area contributed by atoms with Gasteiger partial charge in [-0.05, 0) is 38.2 Å². The highest BCUT2D eigenvalue weighted by molar-refractivity contribution is 7.09. The standard InChI is InChI=1S/C18H23N5S/c1-4-14-15(10-19)17(22-21-16(14)5-2)23-8-6-13(7-9-23)18-20-12(3)11-24-18/h11,13H,4-9H2,1-3H3. The molecule has 126 valence electrons. The van der Waals surface area contributed by atoms with Gasteiger partial charge in [-0.3, -0.25) is 0 Å². The van der Waals surface area contributed by atoms with E-state index < -0.39 is 0 Å². The Hall–Kier alpha value is -2.00. The first kappa shape index (κ1) is 16.8. The van der Waals surface area contributed by atoms with Crippen LogP contribution < -0.4 is 4.90 Å². The summed E-state index contributed by atoms with van der Waals surface area (Å²) < 4.78 is 0. The van der Waals surface area contributed by atoms with Gasteiger partial charge in [-0.1, -0.05) is 13.8 Å². The molecule has 3 rings (SSSR count). The fourth-order valence-electron chi connectivity index (χ4n) is 3.40. The molecule has 0 aromatic carbocycles. The average molecular weight is 341 g/mol. The molecule has 1 aliphatic rings. The number of aromatic nitrogens is 3. The quantitative estimate of drug-likeness (QED) is 0.850. The third-order valence-electron chi connectivity index (χ3n) is 4.72. The molecule has 2 aromatic heterocycles. The van der Waals surface area contributed by atoms with E-state index >= 15 is 0 Å². The lowest BCUT2D eigenvalue weighted by molar-refractivity contribution is 0.498. The summed E-state index contributed by atoms with van der Waals surface area (Å²) in [6, 6.07) is 2.38. The van der Waals surface area contributed by atoms with E-state index in [0.717, 1.165) is 61.5 Å². The molecule has 5 nitrogen and oxygen atoms in total. The molecule has 2 aromatic rings. The van der Waals surface area contributed by atoms with Crippen LogP contribution in [0.25, 0.3) is 0 Å². The number of nitrogens with zero attached hydrogens (tertiary/aromatic N) is 5. The van der Waals surface area contributed by atoms with Crippen LogP contribution in [0.5, 0.6) is 0 Å². The molecule has 6 heteroatoms. The fourth-order valence-corrected chi connectivity index (χ4v) is 4.37. The number of anilines is 1. The van der Waals surface area contributed by atoms with Crippen molar-refractivity contribution in [3.8, 4) is 6.07 Å². The van der Waals surface area contributed by atoms with Gasteiger partial charge in [-0.15, -0.1) is 16.4 Å². The zero-order valence-electron chi connectivity index (χ0n) is 14.5. The minimum Gasteiger partial charge on any atom is -0.354 e. The molecule has 0 N–H and O–H groups in total. The van der Waals surface area contributed by atoms with Crippen molar-refractivity contribution in [1.82, 2.24) is 15.2 Å². The number of thiazole rings is 1. The van der Waals surface area contributed by atoms with Gasteiger partial charge in [0.25, 0.3) is 0 Å². The first-order valence-corrected chi connectivity index (χ1v) is 9.51. The van der Waals surface area contributed by atoms with E-state index in [1.807, 2.05) is 6.92 Å². The maximum Gasteiger partial charge on any atom is 0.169 e. The van der Waals surface area contributed by atoms with Gasteiger partial charge in [0.2, 0.25) is 0 Å². The fraction of sp³-hybridized carbons (Fsp3) is 0.556. The number of piperidine rings is 1. The van der Waals surface area contributed by atoms with Crippen LogP contribution in [0.15, 0.2) is 5.38 Å². The molecule has 0 aliphatic carbocycles. The third-order valence-corrected chi connectivity index (χ3v) is 5.84. The van der Waals surface area contributed by atoms with Crippen LogP contribution in [-0.2, 0) is 12.8 Å². The molecule has 0 atom stereocenters. The molecule has 3 heterocycles. The Kier molecular flexibility index (Phi) is 5.10. The Morgan fingerprint density at radius 3 is 2.54 bits per heavy atom. The van der Waals surface area contributed by atoms with Crippen molar-refractivity contribution in [3.05, 3.63) is 32.9 Å². The van der Waals surface area contributed by atoms with Crippen LogP contribution in [0.2, 0.25) is 0 Å². The second-order valence-electron chi connectivity index (χ2n) is 6.23. The summed E-state index contributed by atoms with van der Waals surface area (Å²) in [6.07, 6.45) is 3.74. The van der Waals surface area contributed by atoms with Crippen LogP contribution in [0.4, 0.5) is 5.82 Å². The van der Waals surface area contributed by atoms with Crippen molar-refractivity contribution >= 4 is 17.2 Å². The minimum absolute atomic E-state index is 0.527. The second kappa shape index (κ2) is 7.27. The van der Waals surface area contributed by atoms with Crippen molar-refractivity contribution in [2.45, 2.75) is 52.4 Å². The van der Waals surface area contributed by atoms with E-state index in [-0.39, 0.29) is 0 Å². The predicted octanol–water partition coefficient (Wildman–Crippen LogP) is 3.62. The summed E-state index contributed by atoms with van der Waals surface area (Å²) >= 11 is 1.76. The average Bonchev–Trinajstić information content (AvgIpc) is 3.06. The lowest BCUT2D eigenvalue weighted by Crippen LogP contribution is -2.34. The highest BCUT2D eigenvalue weighted by Crippen LogP contribution is 2.33. The summed E-state index contributed by atoms with van der Waals surface area (Å²) in [5.41, 5.74) is 3.83. The Morgan fingerprint density at radius 1 is 1.25 bits per heavy atom. The van der Waals surface area contributed by atoms with Gasteiger partial charge in [0, 0.05) is 30.1 Å². The molecule has 1 fully saturated rings. The van der Waals surface area contributed by atoms with Crippen molar-refractivity contribution in [2.75, 3.05) is 18.0 Å². The number of aryl methyl sites for hydroxylation is 2. The molecular weight excluding hydrogens is 318 g/mol. The van der Waals surface area contributed by atoms with Gasteiger partial charge in [0.1, 0.15) is 11.6 Å². The zero-order chi connectivity index (χ0) is 17.1. The van der Waals surface area contributed by atoms with Gasteiger partial charge in [0.15, 0.2) is 5.82 Å². The van der Waals surface area contributed by atoms with Crippen molar-refractivity contribution in [1.29, 1.82) is 5.26 Å². The first-order chi connectivity index (χ1) is 11.7. The van der Waals surface area contributed by atoms with Gasteiger partial charge in [0.05, 0.1) is 10.7 Å². The lowest BCUT2D eigenvalue weighted by atomic mass is 9.96. The van der Waals surface area contributed by atoms with Gasteiger partial charge < -0.3 is 4.90 Å². The normalized spacial score (nSPS) is 15.5.